The van der Waals surface area contributed by atoms with Gasteiger partial charge in [0.25, 0.3) is 0 Å². The van der Waals surface area contributed by atoms with Gasteiger partial charge < -0.3 is 10.1 Å². The maximum Gasteiger partial charge on any atom is 0.127 e. The number of benzene rings is 2. The number of likely N-dealkylation sites (tertiary alicyclic amines) is 1. The molecule has 0 atom stereocenters. The fourth-order valence-electron chi connectivity index (χ4n) is 4.13. The molecule has 0 radical (unpaired) electrons. The molecule has 1 N–H and O–H groups in total. The van der Waals surface area contributed by atoms with Crippen molar-refractivity contribution in [3.63, 3.8) is 0 Å². The van der Waals surface area contributed by atoms with E-state index in [-0.39, 0.29) is 12.4 Å². The van der Waals surface area contributed by atoms with Gasteiger partial charge in [0, 0.05) is 18.1 Å². The zero-order valence-corrected chi connectivity index (χ0v) is 16.5. The van der Waals surface area contributed by atoms with Crippen LogP contribution in [0.4, 0.5) is 0 Å². The van der Waals surface area contributed by atoms with Gasteiger partial charge in [-0.3, -0.25) is 4.90 Å². The molecule has 4 rings (SSSR count). The third kappa shape index (κ3) is 4.72. The Kier molecular flexibility index (Phi) is 6.46. The number of rotatable bonds is 4. The monoisotopic (exact) mass is 392 g/mol. The van der Waals surface area contributed by atoms with Crippen LogP contribution in [0, 0.1) is 5.41 Å². The molecule has 2 aromatic rings. The van der Waals surface area contributed by atoms with E-state index in [1.165, 1.54) is 51.0 Å². The minimum Gasteiger partial charge on any atom is -0.457 e. The maximum absolute atomic E-state index is 5.96. The molecule has 2 aliphatic heterocycles. The van der Waals surface area contributed by atoms with Crippen LogP contribution < -0.4 is 10.1 Å². The normalized spacial score (nSPS) is 19.3. The predicted molar refractivity (Wildman–Crippen MR) is 110 cm³/mol. The number of ether oxygens (including phenoxy) is 1. The van der Waals surface area contributed by atoms with Crippen molar-refractivity contribution >= 4 is 24.0 Å². The number of nitrogens with one attached hydrogen (secondary N) is 1. The molecule has 1 spiro atoms. The van der Waals surface area contributed by atoms with Crippen LogP contribution in [0.2, 0.25) is 5.02 Å². The van der Waals surface area contributed by atoms with Crippen LogP contribution in [0.3, 0.4) is 0 Å². The summed E-state index contributed by atoms with van der Waals surface area (Å²) >= 11 is 5.93. The van der Waals surface area contributed by atoms with Crippen molar-refractivity contribution in [3.8, 4) is 11.5 Å². The smallest absolute Gasteiger partial charge is 0.127 e. The van der Waals surface area contributed by atoms with Crippen LogP contribution in [-0.2, 0) is 6.54 Å². The standard InChI is InChI=1S/C21H25ClN2O.ClH/c22-18-4-6-19(7-5-18)25-20-3-1-2-17(14-20)15-24-13-10-21(16-24)8-11-23-12-9-21;/h1-7,14,23H,8-13,15-16H2;1H. The molecule has 0 saturated carbocycles. The van der Waals surface area contributed by atoms with E-state index in [9.17, 15) is 0 Å². The zero-order valence-electron chi connectivity index (χ0n) is 14.9. The summed E-state index contributed by atoms with van der Waals surface area (Å²) in [6, 6.07) is 15.9. The van der Waals surface area contributed by atoms with E-state index in [0.29, 0.717) is 5.41 Å². The highest BCUT2D eigenvalue weighted by Crippen LogP contribution is 2.39. The van der Waals surface area contributed by atoms with E-state index in [2.05, 4.69) is 28.4 Å². The summed E-state index contributed by atoms with van der Waals surface area (Å²) in [4.78, 5) is 2.60. The highest BCUT2D eigenvalue weighted by atomic mass is 35.5. The lowest BCUT2D eigenvalue weighted by molar-refractivity contribution is 0.194. The molecule has 0 amide bonds. The molecule has 3 nitrogen and oxygen atoms in total. The Morgan fingerprint density at radius 2 is 1.77 bits per heavy atom. The van der Waals surface area contributed by atoms with Gasteiger partial charge in [-0.05, 0) is 86.3 Å². The molecular weight excluding hydrogens is 367 g/mol. The molecule has 2 fully saturated rings. The van der Waals surface area contributed by atoms with Gasteiger partial charge in [0.05, 0.1) is 0 Å². The minimum absolute atomic E-state index is 0. The van der Waals surface area contributed by atoms with E-state index in [0.717, 1.165) is 23.1 Å². The van der Waals surface area contributed by atoms with E-state index in [1.807, 2.05) is 30.3 Å². The van der Waals surface area contributed by atoms with Crippen molar-refractivity contribution in [2.75, 3.05) is 26.2 Å². The SMILES string of the molecule is Cl.Clc1ccc(Oc2cccc(CN3CCC4(CCNCC4)C3)c2)cc1. The summed E-state index contributed by atoms with van der Waals surface area (Å²) < 4.78 is 5.96. The quantitative estimate of drug-likeness (QED) is 0.780. The summed E-state index contributed by atoms with van der Waals surface area (Å²) in [5.74, 6) is 1.70. The third-order valence-corrected chi connectivity index (χ3v) is 5.79. The Morgan fingerprint density at radius 3 is 2.54 bits per heavy atom. The number of nitrogens with zero attached hydrogens (tertiary/aromatic N) is 1. The molecule has 5 heteroatoms. The fraction of sp³-hybridized carbons (Fsp3) is 0.429. The molecule has 2 aromatic carbocycles. The Hall–Kier alpha value is -1.26. The summed E-state index contributed by atoms with van der Waals surface area (Å²) in [6.45, 7) is 5.81. The first-order valence-electron chi connectivity index (χ1n) is 9.16. The second kappa shape index (κ2) is 8.62. The number of hydrogen-bond donors (Lipinski definition) is 1. The summed E-state index contributed by atoms with van der Waals surface area (Å²) in [5.41, 5.74) is 1.88. The highest BCUT2D eigenvalue weighted by molar-refractivity contribution is 6.30. The van der Waals surface area contributed by atoms with Gasteiger partial charge in [-0.2, -0.15) is 0 Å². The Bertz CT molecular complexity index is 714. The van der Waals surface area contributed by atoms with E-state index >= 15 is 0 Å². The van der Waals surface area contributed by atoms with Crippen LogP contribution in [0.25, 0.3) is 0 Å². The van der Waals surface area contributed by atoms with Gasteiger partial charge in [0.2, 0.25) is 0 Å². The van der Waals surface area contributed by atoms with Crippen LogP contribution >= 0.6 is 24.0 Å². The molecule has 2 aliphatic rings. The van der Waals surface area contributed by atoms with Gasteiger partial charge in [-0.1, -0.05) is 23.7 Å². The summed E-state index contributed by atoms with van der Waals surface area (Å²) in [6.07, 6.45) is 3.99. The van der Waals surface area contributed by atoms with Crippen LogP contribution in [-0.4, -0.2) is 31.1 Å². The molecule has 2 saturated heterocycles. The largest absolute Gasteiger partial charge is 0.457 e. The lowest BCUT2D eigenvalue weighted by Gasteiger charge is -2.34. The van der Waals surface area contributed by atoms with E-state index in [4.69, 9.17) is 16.3 Å². The lowest BCUT2D eigenvalue weighted by atomic mass is 9.78. The van der Waals surface area contributed by atoms with Crippen molar-refractivity contribution < 1.29 is 4.74 Å². The summed E-state index contributed by atoms with van der Waals surface area (Å²) in [5, 5.41) is 4.22. The minimum atomic E-state index is 0. The maximum atomic E-state index is 5.96. The molecule has 0 unspecified atom stereocenters. The second-order valence-corrected chi connectivity index (χ2v) is 7.85. The van der Waals surface area contributed by atoms with Gasteiger partial charge in [0.15, 0.2) is 0 Å². The molecule has 140 valence electrons. The molecule has 0 aliphatic carbocycles. The Balaban J connectivity index is 0.00000196. The van der Waals surface area contributed by atoms with Gasteiger partial charge in [-0.25, -0.2) is 0 Å². The van der Waals surface area contributed by atoms with Crippen LogP contribution in [0.5, 0.6) is 11.5 Å². The highest BCUT2D eigenvalue weighted by Gasteiger charge is 2.38. The van der Waals surface area contributed by atoms with E-state index < -0.39 is 0 Å². The van der Waals surface area contributed by atoms with E-state index in [1.54, 1.807) is 0 Å². The topological polar surface area (TPSA) is 24.5 Å². The third-order valence-electron chi connectivity index (χ3n) is 5.54. The fourth-order valence-corrected chi connectivity index (χ4v) is 4.26. The first kappa shape index (κ1) is 19.5. The van der Waals surface area contributed by atoms with Gasteiger partial charge in [0.1, 0.15) is 11.5 Å². The molecule has 2 heterocycles. The van der Waals surface area contributed by atoms with Gasteiger partial charge in [-0.15, -0.1) is 12.4 Å². The average Bonchev–Trinajstić information content (AvgIpc) is 3.00. The number of halogens is 2. The molecule has 0 bridgehead atoms. The second-order valence-electron chi connectivity index (χ2n) is 7.41. The molecule has 26 heavy (non-hydrogen) atoms. The first-order chi connectivity index (χ1) is 12.2. The Labute approximate surface area is 167 Å². The predicted octanol–water partition coefficient (Wildman–Crippen LogP) is 5.13. The van der Waals surface area contributed by atoms with Crippen molar-refractivity contribution in [2.45, 2.75) is 25.8 Å². The van der Waals surface area contributed by atoms with Gasteiger partial charge >= 0.3 is 0 Å². The molecule has 0 aromatic heterocycles. The van der Waals surface area contributed by atoms with Crippen molar-refractivity contribution in [3.05, 3.63) is 59.1 Å². The number of hydrogen-bond acceptors (Lipinski definition) is 3. The zero-order chi connectivity index (χ0) is 17.1. The van der Waals surface area contributed by atoms with Crippen molar-refractivity contribution in [1.29, 1.82) is 0 Å². The van der Waals surface area contributed by atoms with Crippen LogP contribution in [0.15, 0.2) is 48.5 Å². The lowest BCUT2D eigenvalue weighted by Crippen LogP contribution is -2.38. The Morgan fingerprint density at radius 1 is 1.00 bits per heavy atom. The average molecular weight is 393 g/mol. The van der Waals surface area contributed by atoms with Crippen molar-refractivity contribution in [2.24, 2.45) is 5.41 Å². The first-order valence-corrected chi connectivity index (χ1v) is 9.54. The summed E-state index contributed by atoms with van der Waals surface area (Å²) in [7, 11) is 0. The van der Waals surface area contributed by atoms with Crippen molar-refractivity contribution in [1.82, 2.24) is 10.2 Å². The number of piperidine rings is 1. The van der Waals surface area contributed by atoms with Crippen LogP contribution in [0.1, 0.15) is 24.8 Å². The molecular formula is C21H26Cl2N2O.